The monoisotopic (exact) mass is 282 g/mol. The molecule has 0 fully saturated rings. The molecule has 0 aliphatic heterocycles. The summed E-state index contributed by atoms with van der Waals surface area (Å²) in [5.41, 5.74) is 1.45. The lowest BCUT2D eigenvalue weighted by molar-refractivity contribution is 0.0696. The molecule has 2 heterocycles. The molecule has 3 aromatic rings. The molecule has 2 aromatic heterocycles. The van der Waals surface area contributed by atoms with Crippen molar-refractivity contribution in [2.75, 3.05) is 5.32 Å². The van der Waals surface area contributed by atoms with E-state index < -0.39 is 5.97 Å². The highest BCUT2D eigenvalue weighted by molar-refractivity contribution is 6.09. The first-order valence-electron chi connectivity index (χ1n) is 6.07. The summed E-state index contributed by atoms with van der Waals surface area (Å²) in [5.74, 6) is -1.42. The normalized spacial score (nSPS) is 10.5. The average molecular weight is 282 g/mol. The number of nitrogens with zero attached hydrogens (tertiary/aromatic N) is 3. The van der Waals surface area contributed by atoms with E-state index >= 15 is 0 Å². The molecule has 0 bridgehead atoms. The van der Waals surface area contributed by atoms with Gasteiger partial charge in [0.15, 0.2) is 0 Å². The van der Waals surface area contributed by atoms with Crippen molar-refractivity contribution in [1.29, 1.82) is 0 Å². The van der Waals surface area contributed by atoms with Gasteiger partial charge in [0, 0.05) is 18.1 Å². The van der Waals surface area contributed by atoms with Gasteiger partial charge in [0.05, 0.1) is 29.0 Å². The Morgan fingerprint density at radius 1 is 1.24 bits per heavy atom. The summed E-state index contributed by atoms with van der Waals surface area (Å²) in [6.45, 7) is 0. The van der Waals surface area contributed by atoms with Crippen LogP contribution in [0.4, 0.5) is 5.69 Å². The number of rotatable bonds is 3. The van der Waals surface area contributed by atoms with E-state index in [4.69, 9.17) is 5.11 Å². The van der Waals surface area contributed by atoms with Gasteiger partial charge in [0.2, 0.25) is 0 Å². The maximum absolute atomic E-state index is 12.2. The number of carbonyl (C=O) groups is 2. The summed E-state index contributed by atoms with van der Waals surface area (Å²) in [6.07, 6.45) is 6.18. The first kappa shape index (κ1) is 12.8. The van der Waals surface area contributed by atoms with Crippen LogP contribution >= 0.6 is 0 Å². The van der Waals surface area contributed by atoms with Crippen molar-refractivity contribution in [2.45, 2.75) is 0 Å². The highest BCUT2D eigenvalue weighted by Crippen LogP contribution is 2.14. The van der Waals surface area contributed by atoms with E-state index in [1.165, 1.54) is 29.0 Å². The molecule has 0 atom stereocenters. The van der Waals surface area contributed by atoms with Gasteiger partial charge in [-0.15, -0.1) is 0 Å². The van der Waals surface area contributed by atoms with E-state index in [1.807, 2.05) is 0 Å². The predicted octanol–water partition coefficient (Wildman–Crippen LogP) is 1.68. The van der Waals surface area contributed by atoms with Gasteiger partial charge in [0.25, 0.3) is 5.91 Å². The molecular weight excluding hydrogens is 272 g/mol. The SMILES string of the molecule is O=C(O)c1cccc(NC(=O)c2cnn3ccncc23)c1. The fraction of sp³-hybridized carbons (Fsp3) is 0. The minimum atomic E-state index is -1.05. The number of hydrogen-bond acceptors (Lipinski definition) is 4. The van der Waals surface area contributed by atoms with Crippen molar-refractivity contribution in [1.82, 2.24) is 14.6 Å². The summed E-state index contributed by atoms with van der Waals surface area (Å²) in [6, 6.07) is 6.03. The summed E-state index contributed by atoms with van der Waals surface area (Å²) in [4.78, 5) is 27.1. The maximum atomic E-state index is 12.2. The van der Waals surface area contributed by atoms with Crippen molar-refractivity contribution in [2.24, 2.45) is 0 Å². The number of aromatic carboxylic acids is 1. The molecule has 21 heavy (non-hydrogen) atoms. The number of aromatic nitrogens is 3. The van der Waals surface area contributed by atoms with E-state index in [-0.39, 0.29) is 11.5 Å². The molecule has 0 saturated heterocycles. The van der Waals surface area contributed by atoms with Gasteiger partial charge in [-0.05, 0) is 18.2 Å². The molecule has 0 saturated carbocycles. The van der Waals surface area contributed by atoms with Crippen LogP contribution < -0.4 is 5.32 Å². The van der Waals surface area contributed by atoms with Crippen LogP contribution in [0.5, 0.6) is 0 Å². The van der Waals surface area contributed by atoms with Gasteiger partial charge in [-0.25, -0.2) is 9.31 Å². The third-order valence-corrected chi connectivity index (χ3v) is 2.94. The van der Waals surface area contributed by atoms with Crippen molar-refractivity contribution in [3.63, 3.8) is 0 Å². The molecule has 0 radical (unpaired) electrons. The van der Waals surface area contributed by atoms with E-state index in [9.17, 15) is 9.59 Å². The Hall–Kier alpha value is -3.22. The number of nitrogens with one attached hydrogen (secondary N) is 1. The average Bonchev–Trinajstić information content (AvgIpc) is 2.91. The second-order valence-electron chi connectivity index (χ2n) is 4.30. The molecule has 2 N–H and O–H groups in total. The Morgan fingerprint density at radius 3 is 2.90 bits per heavy atom. The maximum Gasteiger partial charge on any atom is 0.335 e. The quantitative estimate of drug-likeness (QED) is 0.761. The van der Waals surface area contributed by atoms with E-state index in [1.54, 1.807) is 24.5 Å². The summed E-state index contributed by atoms with van der Waals surface area (Å²) < 4.78 is 1.54. The molecular formula is C14H10N4O3. The first-order valence-corrected chi connectivity index (χ1v) is 6.07. The predicted molar refractivity (Wildman–Crippen MR) is 74.3 cm³/mol. The highest BCUT2D eigenvalue weighted by atomic mass is 16.4. The lowest BCUT2D eigenvalue weighted by atomic mass is 10.2. The van der Waals surface area contributed by atoms with Gasteiger partial charge in [0.1, 0.15) is 0 Å². The molecule has 7 heteroatoms. The summed E-state index contributed by atoms with van der Waals surface area (Å²) >= 11 is 0. The van der Waals surface area contributed by atoms with Gasteiger partial charge in [-0.3, -0.25) is 9.78 Å². The fourth-order valence-corrected chi connectivity index (χ4v) is 1.94. The second-order valence-corrected chi connectivity index (χ2v) is 4.30. The fourth-order valence-electron chi connectivity index (χ4n) is 1.94. The third kappa shape index (κ3) is 2.44. The third-order valence-electron chi connectivity index (χ3n) is 2.94. The van der Waals surface area contributed by atoms with Gasteiger partial charge >= 0.3 is 5.97 Å². The van der Waals surface area contributed by atoms with E-state index in [0.717, 1.165) is 0 Å². The van der Waals surface area contributed by atoms with Crippen molar-refractivity contribution in [3.05, 3.63) is 60.2 Å². The second kappa shape index (κ2) is 5.04. The smallest absolute Gasteiger partial charge is 0.335 e. The number of anilines is 1. The Bertz CT molecular complexity index is 841. The Balaban J connectivity index is 1.90. The molecule has 1 amide bonds. The Labute approximate surface area is 118 Å². The topological polar surface area (TPSA) is 96.6 Å². The number of benzene rings is 1. The van der Waals surface area contributed by atoms with Crippen molar-refractivity contribution < 1.29 is 14.7 Å². The van der Waals surface area contributed by atoms with Crippen LogP contribution in [0, 0.1) is 0 Å². The lowest BCUT2D eigenvalue weighted by Gasteiger charge is -2.05. The van der Waals surface area contributed by atoms with Crippen LogP contribution in [0.25, 0.3) is 5.52 Å². The van der Waals surface area contributed by atoms with E-state index in [2.05, 4.69) is 15.4 Å². The van der Waals surface area contributed by atoms with Crippen LogP contribution in [0.3, 0.4) is 0 Å². The molecule has 104 valence electrons. The van der Waals surface area contributed by atoms with Gasteiger partial charge < -0.3 is 10.4 Å². The first-order chi connectivity index (χ1) is 10.1. The standard InChI is InChI=1S/C14H10N4O3/c19-13(11-7-16-18-5-4-15-8-12(11)18)17-10-3-1-2-9(6-10)14(20)21/h1-8H,(H,17,19)(H,20,21). The van der Waals surface area contributed by atoms with Crippen LogP contribution in [-0.2, 0) is 0 Å². The van der Waals surface area contributed by atoms with Crippen LogP contribution in [0.2, 0.25) is 0 Å². The molecule has 1 aromatic carbocycles. The van der Waals surface area contributed by atoms with Gasteiger partial charge in [-0.1, -0.05) is 6.07 Å². The number of carboxylic acids is 1. The Kier molecular flexibility index (Phi) is 3.07. The molecule has 0 aliphatic rings. The lowest BCUT2D eigenvalue weighted by Crippen LogP contribution is -2.12. The zero-order valence-corrected chi connectivity index (χ0v) is 10.7. The minimum absolute atomic E-state index is 0.106. The summed E-state index contributed by atoms with van der Waals surface area (Å²) in [7, 11) is 0. The number of carboxylic acid groups (broad SMARTS) is 1. The van der Waals surface area contributed by atoms with Gasteiger partial charge in [-0.2, -0.15) is 5.10 Å². The molecule has 7 nitrogen and oxygen atoms in total. The molecule has 0 unspecified atom stereocenters. The highest BCUT2D eigenvalue weighted by Gasteiger charge is 2.13. The number of hydrogen-bond donors (Lipinski definition) is 2. The summed E-state index contributed by atoms with van der Waals surface area (Å²) in [5, 5.41) is 15.6. The minimum Gasteiger partial charge on any atom is -0.478 e. The number of fused-ring (bicyclic) bond motifs is 1. The van der Waals surface area contributed by atoms with Crippen molar-refractivity contribution >= 4 is 23.1 Å². The van der Waals surface area contributed by atoms with Crippen LogP contribution in [-0.4, -0.2) is 31.6 Å². The molecule has 3 rings (SSSR count). The molecule has 0 spiro atoms. The number of amides is 1. The van der Waals surface area contributed by atoms with Crippen molar-refractivity contribution in [3.8, 4) is 0 Å². The Morgan fingerprint density at radius 2 is 2.10 bits per heavy atom. The zero-order chi connectivity index (χ0) is 14.8. The number of carbonyl (C=O) groups excluding carboxylic acids is 1. The zero-order valence-electron chi connectivity index (χ0n) is 10.7. The van der Waals surface area contributed by atoms with E-state index in [0.29, 0.717) is 16.8 Å². The van der Waals surface area contributed by atoms with Crippen LogP contribution in [0.15, 0.2) is 49.1 Å². The molecule has 0 aliphatic carbocycles. The van der Waals surface area contributed by atoms with Crippen LogP contribution in [0.1, 0.15) is 20.7 Å². The largest absolute Gasteiger partial charge is 0.478 e.